The molecule has 0 N–H and O–H groups in total. The van der Waals surface area contributed by atoms with Gasteiger partial charge in [-0.15, -0.1) is 0 Å². The topological polar surface area (TPSA) is 23.8 Å². The maximum atomic E-state index is 8.27. The highest BCUT2D eigenvalue weighted by Crippen LogP contribution is 2.25. The van der Waals surface area contributed by atoms with Crippen molar-refractivity contribution in [1.82, 2.24) is 0 Å². The van der Waals surface area contributed by atoms with Gasteiger partial charge in [0.15, 0.2) is 0 Å². The Labute approximate surface area is 76.1 Å². The molecule has 1 atom stereocenters. The molecule has 12 heavy (non-hydrogen) atoms. The van der Waals surface area contributed by atoms with Crippen LogP contribution in [0.4, 0.5) is 0 Å². The van der Waals surface area contributed by atoms with Crippen molar-refractivity contribution in [3.63, 3.8) is 0 Å². The Kier molecular flexibility index (Phi) is 4.66. The van der Waals surface area contributed by atoms with Crippen LogP contribution in [0.2, 0.25) is 0 Å². The molecule has 0 aromatic rings. The van der Waals surface area contributed by atoms with Crippen molar-refractivity contribution in [3.05, 3.63) is 12.2 Å². The summed E-state index contributed by atoms with van der Waals surface area (Å²) in [6.07, 6.45) is 5.75. The van der Waals surface area contributed by atoms with Gasteiger partial charge in [-0.05, 0) is 24.2 Å². The first kappa shape index (κ1) is 11.2. The molecule has 68 valence electrons. The molecule has 0 saturated carbocycles. The normalized spacial score (nSPS) is 14.6. The summed E-state index contributed by atoms with van der Waals surface area (Å²) in [7, 11) is 0. The van der Waals surface area contributed by atoms with Gasteiger partial charge in [0.2, 0.25) is 0 Å². The van der Waals surface area contributed by atoms with Gasteiger partial charge < -0.3 is 0 Å². The van der Waals surface area contributed by atoms with Crippen LogP contribution in [0.15, 0.2) is 12.2 Å². The minimum absolute atomic E-state index is 0.403. The molecule has 0 fully saturated rings. The molecule has 0 bridgehead atoms. The Morgan fingerprint density at radius 3 is 2.42 bits per heavy atom. The first-order valence-electron chi connectivity index (χ1n) is 4.50. The summed E-state index contributed by atoms with van der Waals surface area (Å²) in [6.45, 7) is 8.97. The van der Waals surface area contributed by atoms with E-state index < -0.39 is 0 Å². The molecule has 0 saturated heterocycles. The van der Waals surface area contributed by atoms with Crippen molar-refractivity contribution in [2.75, 3.05) is 0 Å². The van der Waals surface area contributed by atoms with E-state index in [0.29, 0.717) is 11.3 Å². The molecule has 0 aromatic carbocycles. The van der Waals surface area contributed by atoms with E-state index in [1.54, 1.807) is 6.08 Å². The third-order valence-electron chi connectivity index (χ3n) is 1.69. The SMILES string of the molecule is CC(CC=CC#N)CC(C)(C)C. The Bertz CT molecular complexity index is 178. The van der Waals surface area contributed by atoms with Crippen molar-refractivity contribution in [2.24, 2.45) is 11.3 Å². The van der Waals surface area contributed by atoms with Gasteiger partial charge in [0.1, 0.15) is 0 Å². The molecule has 0 amide bonds. The van der Waals surface area contributed by atoms with Crippen LogP contribution >= 0.6 is 0 Å². The summed E-state index contributed by atoms with van der Waals surface area (Å²) >= 11 is 0. The second-order valence-corrected chi connectivity index (χ2v) is 4.64. The van der Waals surface area contributed by atoms with Gasteiger partial charge in [-0.25, -0.2) is 0 Å². The van der Waals surface area contributed by atoms with Crippen LogP contribution < -0.4 is 0 Å². The van der Waals surface area contributed by atoms with Gasteiger partial charge in [-0.2, -0.15) is 5.26 Å². The highest BCUT2D eigenvalue weighted by molar-refractivity contribution is 5.01. The van der Waals surface area contributed by atoms with Crippen molar-refractivity contribution in [2.45, 2.75) is 40.5 Å². The van der Waals surface area contributed by atoms with Crippen molar-refractivity contribution in [1.29, 1.82) is 5.26 Å². The number of hydrogen-bond donors (Lipinski definition) is 0. The van der Waals surface area contributed by atoms with Gasteiger partial charge in [0.05, 0.1) is 6.07 Å². The van der Waals surface area contributed by atoms with Crippen molar-refractivity contribution >= 4 is 0 Å². The molecule has 0 radical (unpaired) electrons. The zero-order valence-electron chi connectivity index (χ0n) is 8.59. The van der Waals surface area contributed by atoms with Crippen LogP contribution in [-0.4, -0.2) is 0 Å². The predicted molar refractivity (Wildman–Crippen MR) is 52.6 cm³/mol. The standard InChI is InChI=1S/C11H19N/c1-10(7-5-6-8-12)9-11(2,3)4/h5-6,10H,7,9H2,1-4H3. The smallest absolute Gasteiger partial charge is 0.0908 e. The second-order valence-electron chi connectivity index (χ2n) is 4.64. The number of allylic oxidation sites excluding steroid dienone is 2. The number of nitriles is 1. The Morgan fingerprint density at radius 2 is 2.00 bits per heavy atom. The van der Waals surface area contributed by atoms with E-state index >= 15 is 0 Å². The van der Waals surface area contributed by atoms with Crippen LogP contribution in [0, 0.1) is 22.7 Å². The average molecular weight is 165 g/mol. The molecule has 1 unspecified atom stereocenters. The zero-order chi connectivity index (χ0) is 9.61. The Balaban J connectivity index is 3.69. The van der Waals surface area contributed by atoms with Gasteiger partial charge >= 0.3 is 0 Å². The molecule has 0 aromatic heterocycles. The highest BCUT2D eigenvalue weighted by Gasteiger charge is 2.13. The van der Waals surface area contributed by atoms with Gasteiger partial charge in [0, 0.05) is 6.08 Å². The molecule has 0 rings (SSSR count). The molecule has 0 aliphatic heterocycles. The van der Waals surface area contributed by atoms with Crippen LogP contribution in [0.3, 0.4) is 0 Å². The molecule has 0 spiro atoms. The summed E-state index contributed by atoms with van der Waals surface area (Å²) in [5.74, 6) is 0.676. The quantitative estimate of drug-likeness (QED) is 0.587. The molecule has 0 heterocycles. The van der Waals surface area contributed by atoms with E-state index in [0.717, 1.165) is 6.42 Å². The maximum Gasteiger partial charge on any atom is 0.0908 e. The fourth-order valence-corrected chi connectivity index (χ4v) is 1.48. The highest BCUT2D eigenvalue weighted by atomic mass is 14.2. The Morgan fingerprint density at radius 1 is 1.42 bits per heavy atom. The summed E-state index contributed by atoms with van der Waals surface area (Å²) < 4.78 is 0. The number of rotatable bonds is 3. The molecule has 1 heteroatoms. The predicted octanol–water partition coefficient (Wildman–Crippen LogP) is 3.53. The molecule has 0 aliphatic carbocycles. The van der Waals surface area contributed by atoms with E-state index in [4.69, 9.17) is 5.26 Å². The van der Waals surface area contributed by atoms with E-state index in [1.807, 2.05) is 12.1 Å². The summed E-state index contributed by atoms with van der Waals surface area (Å²) in [5.41, 5.74) is 0.403. The average Bonchev–Trinajstić information content (AvgIpc) is 1.84. The van der Waals surface area contributed by atoms with Gasteiger partial charge in [-0.3, -0.25) is 0 Å². The monoisotopic (exact) mass is 165 g/mol. The largest absolute Gasteiger partial charge is 0.193 e. The van der Waals surface area contributed by atoms with Crippen LogP contribution in [0.25, 0.3) is 0 Å². The van der Waals surface area contributed by atoms with Crippen LogP contribution in [0.1, 0.15) is 40.5 Å². The lowest BCUT2D eigenvalue weighted by atomic mass is 9.84. The third-order valence-corrected chi connectivity index (χ3v) is 1.69. The lowest BCUT2D eigenvalue weighted by Gasteiger charge is -2.22. The lowest BCUT2D eigenvalue weighted by molar-refractivity contribution is 0.308. The molecular formula is C11H19N. The van der Waals surface area contributed by atoms with Crippen LogP contribution in [-0.2, 0) is 0 Å². The number of nitrogens with zero attached hydrogens (tertiary/aromatic N) is 1. The van der Waals surface area contributed by atoms with E-state index in [1.165, 1.54) is 6.42 Å². The second kappa shape index (κ2) is 4.98. The van der Waals surface area contributed by atoms with Crippen LogP contribution in [0.5, 0.6) is 0 Å². The number of hydrogen-bond acceptors (Lipinski definition) is 1. The van der Waals surface area contributed by atoms with Gasteiger partial charge in [0.25, 0.3) is 0 Å². The lowest BCUT2D eigenvalue weighted by Crippen LogP contribution is -2.10. The first-order chi connectivity index (χ1) is 5.45. The van der Waals surface area contributed by atoms with Gasteiger partial charge in [-0.1, -0.05) is 33.8 Å². The third kappa shape index (κ3) is 7.34. The van der Waals surface area contributed by atoms with Crippen molar-refractivity contribution < 1.29 is 0 Å². The molecule has 0 aliphatic rings. The van der Waals surface area contributed by atoms with E-state index in [-0.39, 0.29) is 0 Å². The molecule has 1 nitrogen and oxygen atoms in total. The Hall–Kier alpha value is -0.770. The fraction of sp³-hybridized carbons (Fsp3) is 0.727. The van der Waals surface area contributed by atoms with Crippen molar-refractivity contribution in [3.8, 4) is 6.07 Å². The zero-order valence-corrected chi connectivity index (χ0v) is 8.59. The first-order valence-corrected chi connectivity index (χ1v) is 4.50. The van der Waals surface area contributed by atoms with E-state index in [9.17, 15) is 0 Å². The fourth-order valence-electron chi connectivity index (χ4n) is 1.48. The summed E-state index contributed by atoms with van der Waals surface area (Å²) in [6, 6.07) is 2.01. The minimum atomic E-state index is 0.403. The maximum absolute atomic E-state index is 8.27. The summed E-state index contributed by atoms with van der Waals surface area (Å²) in [5, 5.41) is 8.27. The summed E-state index contributed by atoms with van der Waals surface area (Å²) in [4.78, 5) is 0. The minimum Gasteiger partial charge on any atom is -0.193 e. The van der Waals surface area contributed by atoms with E-state index in [2.05, 4.69) is 27.7 Å². The molecular weight excluding hydrogens is 146 g/mol.